The van der Waals surface area contributed by atoms with Crippen LogP contribution in [0.3, 0.4) is 0 Å². The predicted octanol–water partition coefficient (Wildman–Crippen LogP) is 3.54. The van der Waals surface area contributed by atoms with Crippen molar-refractivity contribution in [1.82, 2.24) is 10.2 Å². The Labute approximate surface area is 145 Å². The SMILES string of the molecule is CCC(C)(C)NC[C@H]1COC(C)(C)N1C(=O)OCc1ccccc1. The molecule has 1 fully saturated rings. The Morgan fingerprint density at radius 3 is 2.67 bits per heavy atom. The molecular formula is C19H30N2O3. The fraction of sp³-hybridized carbons (Fsp3) is 0.632. The molecule has 0 aliphatic carbocycles. The molecule has 1 aromatic carbocycles. The van der Waals surface area contributed by atoms with Crippen LogP contribution in [0.15, 0.2) is 30.3 Å². The average molecular weight is 334 g/mol. The van der Waals surface area contributed by atoms with E-state index in [9.17, 15) is 4.79 Å². The summed E-state index contributed by atoms with van der Waals surface area (Å²) in [6.45, 7) is 11.7. The molecule has 1 atom stereocenters. The molecule has 0 radical (unpaired) electrons. The first kappa shape index (κ1) is 18.7. The van der Waals surface area contributed by atoms with Crippen molar-refractivity contribution in [2.45, 2.75) is 65.0 Å². The van der Waals surface area contributed by atoms with Gasteiger partial charge in [0, 0.05) is 12.1 Å². The highest BCUT2D eigenvalue weighted by Gasteiger charge is 2.44. The van der Waals surface area contributed by atoms with Gasteiger partial charge in [0.05, 0.1) is 12.6 Å². The summed E-state index contributed by atoms with van der Waals surface area (Å²) in [6.07, 6.45) is 0.685. The molecule has 5 nitrogen and oxygen atoms in total. The van der Waals surface area contributed by atoms with Gasteiger partial charge >= 0.3 is 6.09 Å². The Balaban J connectivity index is 1.98. The van der Waals surface area contributed by atoms with Crippen molar-refractivity contribution in [2.24, 2.45) is 0 Å². The summed E-state index contributed by atoms with van der Waals surface area (Å²) in [5.74, 6) is 0. The van der Waals surface area contributed by atoms with Gasteiger partial charge in [-0.2, -0.15) is 0 Å². The zero-order valence-electron chi connectivity index (χ0n) is 15.5. The van der Waals surface area contributed by atoms with Crippen LogP contribution in [0, 0.1) is 0 Å². The maximum atomic E-state index is 12.6. The monoisotopic (exact) mass is 334 g/mol. The van der Waals surface area contributed by atoms with E-state index in [2.05, 4.69) is 26.1 Å². The van der Waals surface area contributed by atoms with Gasteiger partial charge in [-0.25, -0.2) is 4.79 Å². The van der Waals surface area contributed by atoms with Gasteiger partial charge in [-0.15, -0.1) is 0 Å². The van der Waals surface area contributed by atoms with Crippen LogP contribution in [0.2, 0.25) is 0 Å². The molecule has 1 saturated heterocycles. The first-order valence-electron chi connectivity index (χ1n) is 8.64. The van der Waals surface area contributed by atoms with Crippen LogP contribution in [0.1, 0.15) is 46.6 Å². The van der Waals surface area contributed by atoms with Crippen molar-refractivity contribution >= 4 is 6.09 Å². The molecule has 0 bridgehead atoms. The number of carbonyl (C=O) groups is 1. The van der Waals surface area contributed by atoms with Gasteiger partial charge in [-0.3, -0.25) is 4.90 Å². The summed E-state index contributed by atoms with van der Waals surface area (Å²) in [6, 6.07) is 9.68. The van der Waals surface area contributed by atoms with Crippen LogP contribution >= 0.6 is 0 Å². The summed E-state index contributed by atoms with van der Waals surface area (Å²) in [5, 5.41) is 3.52. The van der Waals surface area contributed by atoms with Crippen molar-refractivity contribution in [1.29, 1.82) is 0 Å². The summed E-state index contributed by atoms with van der Waals surface area (Å²) in [4.78, 5) is 14.4. The fourth-order valence-corrected chi connectivity index (χ4v) is 2.71. The van der Waals surface area contributed by atoms with Crippen LogP contribution < -0.4 is 5.32 Å². The van der Waals surface area contributed by atoms with Gasteiger partial charge in [0.1, 0.15) is 12.3 Å². The Morgan fingerprint density at radius 2 is 2.04 bits per heavy atom. The van der Waals surface area contributed by atoms with Gasteiger partial charge in [0.15, 0.2) is 0 Å². The minimum Gasteiger partial charge on any atom is -0.444 e. The number of hydrogen-bond donors (Lipinski definition) is 1. The zero-order valence-corrected chi connectivity index (χ0v) is 15.5. The first-order chi connectivity index (χ1) is 11.2. The van der Waals surface area contributed by atoms with Gasteiger partial charge in [-0.1, -0.05) is 37.3 Å². The average Bonchev–Trinajstić information content (AvgIpc) is 2.86. The van der Waals surface area contributed by atoms with E-state index in [1.54, 1.807) is 4.90 Å². The Bertz CT molecular complexity index is 543. The molecule has 0 saturated carbocycles. The molecule has 1 heterocycles. The van der Waals surface area contributed by atoms with Crippen molar-refractivity contribution < 1.29 is 14.3 Å². The molecule has 5 heteroatoms. The van der Waals surface area contributed by atoms with Crippen LogP contribution in [0.4, 0.5) is 4.79 Å². The quantitative estimate of drug-likeness (QED) is 0.864. The molecule has 1 aliphatic heterocycles. The van der Waals surface area contributed by atoms with E-state index in [4.69, 9.17) is 9.47 Å². The second kappa shape index (κ2) is 7.53. The van der Waals surface area contributed by atoms with Crippen molar-refractivity contribution in [2.75, 3.05) is 13.2 Å². The van der Waals surface area contributed by atoms with E-state index < -0.39 is 5.72 Å². The molecule has 1 aromatic rings. The largest absolute Gasteiger partial charge is 0.444 e. The zero-order chi connectivity index (χ0) is 17.8. The molecule has 1 amide bonds. The smallest absolute Gasteiger partial charge is 0.412 e. The van der Waals surface area contributed by atoms with Crippen molar-refractivity contribution in [3.63, 3.8) is 0 Å². The third kappa shape index (κ3) is 4.71. The van der Waals surface area contributed by atoms with Crippen LogP contribution in [0.5, 0.6) is 0 Å². The second-order valence-corrected chi connectivity index (χ2v) is 7.44. The summed E-state index contributed by atoms with van der Waals surface area (Å²) in [5.41, 5.74) is 0.355. The summed E-state index contributed by atoms with van der Waals surface area (Å²) >= 11 is 0. The molecule has 134 valence electrons. The Hall–Kier alpha value is -1.59. The highest BCUT2D eigenvalue weighted by Crippen LogP contribution is 2.28. The lowest BCUT2D eigenvalue weighted by Crippen LogP contribution is -2.53. The molecule has 0 spiro atoms. The number of amides is 1. The second-order valence-electron chi connectivity index (χ2n) is 7.44. The summed E-state index contributed by atoms with van der Waals surface area (Å²) in [7, 11) is 0. The fourth-order valence-electron chi connectivity index (χ4n) is 2.71. The Morgan fingerprint density at radius 1 is 1.38 bits per heavy atom. The van der Waals surface area contributed by atoms with Crippen molar-refractivity contribution in [3.05, 3.63) is 35.9 Å². The number of hydrogen-bond acceptors (Lipinski definition) is 4. The number of ether oxygens (including phenoxy) is 2. The molecule has 2 rings (SSSR count). The first-order valence-corrected chi connectivity index (χ1v) is 8.64. The lowest BCUT2D eigenvalue weighted by Gasteiger charge is -2.34. The normalized spacial score (nSPS) is 20.2. The van der Waals surface area contributed by atoms with Crippen LogP contribution in [0.25, 0.3) is 0 Å². The Kier molecular flexibility index (Phi) is 5.88. The third-order valence-corrected chi connectivity index (χ3v) is 4.68. The minimum atomic E-state index is -0.656. The predicted molar refractivity (Wildman–Crippen MR) is 94.7 cm³/mol. The molecule has 24 heavy (non-hydrogen) atoms. The number of benzene rings is 1. The highest BCUT2D eigenvalue weighted by molar-refractivity contribution is 5.69. The number of nitrogens with zero attached hydrogens (tertiary/aromatic N) is 1. The number of rotatable bonds is 6. The van der Waals surface area contributed by atoms with Gasteiger partial charge in [0.25, 0.3) is 0 Å². The topological polar surface area (TPSA) is 50.8 Å². The van der Waals surface area contributed by atoms with Gasteiger partial charge in [-0.05, 0) is 39.7 Å². The van der Waals surface area contributed by atoms with Gasteiger partial charge in [0.2, 0.25) is 0 Å². The van der Waals surface area contributed by atoms with Crippen LogP contribution in [-0.4, -0.2) is 41.5 Å². The number of nitrogens with one attached hydrogen (secondary N) is 1. The maximum absolute atomic E-state index is 12.6. The molecule has 1 N–H and O–H groups in total. The highest BCUT2D eigenvalue weighted by atomic mass is 16.6. The van der Waals surface area contributed by atoms with E-state index >= 15 is 0 Å². The minimum absolute atomic E-state index is 0.0332. The van der Waals surface area contributed by atoms with E-state index in [1.807, 2.05) is 44.2 Å². The van der Waals surface area contributed by atoms with E-state index in [1.165, 1.54) is 0 Å². The third-order valence-electron chi connectivity index (χ3n) is 4.68. The molecule has 1 aliphatic rings. The number of carbonyl (C=O) groups excluding carboxylic acids is 1. The van der Waals surface area contributed by atoms with Crippen LogP contribution in [-0.2, 0) is 16.1 Å². The van der Waals surface area contributed by atoms with E-state index in [-0.39, 0.29) is 24.3 Å². The molecule has 0 aromatic heterocycles. The lowest BCUT2D eigenvalue weighted by atomic mass is 10.0. The van der Waals surface area contributed by atoms with Crippen molar-refractivity contribution in [3.8, 4) is 0 Å². The van der Waals surface area contributed by atoms with E-state index in [0.717, 1.165) is 12.0 Å². The van der Waals surface area contributed by atoms with Gasteiger partial charge < -0.3 is 14.8 Å². The van der Waals surface area contributed by atoms with E-state index in [0.29, 0.717) is 13.2 Å². The standard InChI is InChI=1S/C19H30N2O3/c1-6-18(2,3)20-12-16-14-24-19(4,5)21(16)17(22)23-13-15-10-8-7-9-11-15/h7-11,16,20H,6,12-14H2,1-5H3/t16-/m0/s1. The lowest BCUT2D eigenvalue weighted by molar-refractivity contribution is -0.0492. The molecule has 0 unspecified atom stereocenters. The molecular weight excluding hydrogens is 304 g/mol. The summed E-state index contributed by atoms with van der Waals surface area (Å²) < 4.78 is 11.3. The maximum Gasteiger partial charge on any atom is 0.412 e.